The van der Waals surface area contributed by atoms with Crippen LogP contribution in [0.25, 0.3) is 0 Å². The Kier molecular flexibility index (Phi) is 7.00. The van der Waals surface area contributed by atoms with Crippen molar-refractivity contribution in [3.05, 3.63) is 65.7 Å². The van der Waals surface area contributed by atoms with Gasteiger partial charge in [0.25, 0.3) is 5.91 Å². The van der Waals surface area contributed by atoms with Crippen LogP contribution < -0.4 is 10.5 Å². The van der Waals surface area contributed by atoms with Crippen molar-refractivity contribution in [2.75, 3.05) is 26.7 Å². The average Bonchev–Trinajstić information content (AvgIpc) is 3.12. The summed E-state index contributed by atoms with van der Waals surface area (Å²) in [6, 6.07) is 16.1. The zero-order valence-corrected chi connectivity index (χ0v) is 16.7. The molecule has 3 N–H and O–H groups in total. The van der Waals surface area contributed by atoms with Crippen LogP contribution in [0.3, 0.4) is 0 Å². The van der Waals surface area contributed by atoms with E-state index < -0.39 is 10.0 Å². The van der Waals surface area contributed by atoms with Crippen molar-refractivity contribution in [1.82, 2.24) is 9.62 Å². The minimum absolute atomic E-state index is 0. The van der Waals surface area contributed by atoms with Gasteiger partial charge in [-0.15, -0.1) is 12.4 Å². The zero-order chi connectivity index (χ0) is 18.7. The molecule has 0 radical (unpaired) electrons. The Bertz CT molecular complexity index is 873. The van der Waals surface area contributed by atoms with Gasteiger partial charge in [-0.05, 0) is 49.3 Å². The number of carbonyl (C=O) groups is 1. The molecule has 1 aliphatic heterocycles. The molecule has 0 aromatic heterocycles. The molecule has 1 heterocycles. The fourth-order valence-electron chi connectivity index (χ4n) is 3.43. The number of nitrogens with one attached hydrogen (secondary N) is 1. The molecule has 0 bridgehead atoms. The van der Waals surface area contributed by atoms with Crippen LogP contribution >= 0.6 is 12.4 Å². The third-order valence-electron chi connectivity index (χ3n) is 4.94. The summed E-state index contributed by atoms with van der Waals surface area (Å²) in [4.78, 5) is 14.8. The van der Waals surface area contributed by atoms with E-state index in [9.17, 15) is 13.2 Å². The van der Waals surface area contributed by atoms with E-state index in [1.54, 1.807) is 17.0 Å². The van der Waals surface area contributed by atoms with E-state index in [4.69, 9.17) is 5.73 Å². The standard InChI is InChI=1S/C19H23N3O3S.ClH/c1-21-26(24,25)17-9-7-15(8-10-17)19(23)22-12-16(11-20)18(13-22)14-5-3-2-4-6-14;/h2-10,16,18,21H,11-13,20H2,1H3;1H/t16-,18+;/m1./s1. The lowest BCUT2D eigenvalue weighted by Gasteiger charge is -2.17. The molecule has 1 saturated heterocycles. The maximum Gasteiger partial charge on any atom is 0.253 e. The second kappa shape index (κ2) is 8.84. The number of nitrogens with two attached hydrogens (primary N) is 1. The number of sulfonamides is 1. The third kappa shape index (κ3) is 4.50. The van der Waals surface area contributed by atoms with Crippen LogP contribution in [0.5, 0.6) is 0 Å². The normalized spacial score (nSPS) is 19.6. The fourth-order valence-corrected chi connectivity index (χ4v) is 4.16. The summed E-state index contributed by atoms with van der Waals surface area (Å²) in [6.07, 6.45) is 0. The van der Waals surface area contributed by atoms with Gasteiger partial charge >= 0.3 is 0 Å². The van der Waals surface area contributed by atoms with Gasteiger partial charge in [-0.3, -0.25) is 4.79 Å². The van der Waals surface area contributed by atoms with Crippen molar-refractivity contribution in [3.8, 4) is 0 Å². The van der Waals surface area contributed by atoms with E-state index in [0.29, 0.717) is 25.2 Å². The maximum absolute atomic E-state index is 12.8. The molecule has 2 aromatic rings. The Balaban J connectivity index is 0.00000261. The van der Waals surface area contributed by atoms with Gasteiger partial charge in [-0.2, -0.15) is 0 Å². The van der Waals surface area contributed by atoms with Crippen molar-refractivity contribution in [2.24, 2.45) is 11.7 Å². The van der Waals surface area contributed by atoms with Gasteiger partial charge in [0.1, 0.15) is 0 Å². The first-order chi connectivity index (χ1) is 12.5. The molecule has 0 spiro atoms. The number of rotatable bonds is 5. The van der Waals surface area contributed by atoms with Gasteiger partial charge < -0.3 is 10.6 Å². The van der Waals surface area contributed by atoms with E-state index in [0.717, 1.165) is 0 Å². The molecule has 6 nitrogen and oxygen atoms in total. The predicted octanol–water partition coefficient (Wildman–Crippen LogP) is 1.83. The number of amides is 1. The highest BCUT2D eigenvalue weighted by atomic mass is 35.5. The summed E-state index contributed by atoms with van der Waals surface area (Å²) in [5.74, 6) is 0.328. The first-order valence-corrected chi connectivity index (χ1v) is 10.0. The minimum Gasteiger partial charge on any atom is -0.338 e. The Morgan fingerprint density at radius 2 is 1.74 bits per heavy atom. The van der Waals surface area contributed by atoms with Crippen LogP contribution in [0.1, 0.15) is 21.8 Å². The lowest BCUT2D eigenvalue weighted by atomic mass is 9.89. The molecule has 1 aliphatic rings. The number of nitrogens with zero attached hydrogens (tertiary/aromatic N) is 1. The summed E-state index contributed by atoms with van der Waals surface area (Å²) < 4.78 is 25.9. The van der Waals surface area contributed by atoms with Gasteiger partial charge in [-0.25, -0.2) is 13.1 Å². The molecule has 0 aliphatic carbocycles. The van der Waals surface area contributed by atoms with Gasteiger partial charge in [0, 0.05) is 24.6 Å². The molecular formula is C19H24ClN3O3S. The van der Waals surface area contributed by atoms with Gasteiger partial charge in [-0.1, -0.05) is 30.3 Å². The number of benzene rings is 2. The number of halogens is 1. The van der Waals surface area contributed by atoms with Crippen molar-refractivity contribution >= 4 is 28.3 Å². The molecule has 2 aromatic carbocycles. The Hall–Kier alpha value is -1.93. The molecular weight excluding hydrogens is 386 g/mol. The first-order valence-electron chi connectivity index (χ1n) is 8.54. The topological polar surface area (TPSA) is 92.5 Å². The molecule has 0 saturated carbocycles. The smallest absolute Gasteiger partial charge is 0.253 e. The highest BCUT2D eigenvalue weighted by molar-refractivity contribution is 7.89. The van der Waals surface area contributed by atoms with Crippen LogP contribution in [0, 0.1) is 5.92 Å². The highest BCUT2D eigenvalue weighted by Gasteiger charge is 2.35. The highest BCUT2D eigenvalue weighted by Crippen LogP contribution is 2.32. The quantitative estimate of drug-likeness (QED) is 0.787. The molecule has 146 valence electrons. The molecule has 8 heteroatoms. The lowest BCUT2D eigenvalue weighted by molar-refractivity contribution is 0.0786. The van der Waals surface area contributed by atoms with Crippen molar-refractivity contribution in [2.45, 2.75) is 10.8 Å². The maximum atomic E-state index is 12.8. The van der Waals surface area contributed by atoms with Crippen molar-refractivity contribution < 1.29 is 13.2 Å². The minimum atomic E-state index is -3.51. The van der Waals surface area contributed by atoms with Crippen LogP contribution in [0.4, 0.5) is 0 Å². The largest absolute Gasteiger partial charge is 0.338 e. The SMILES string of the molecule is CNS(=O)(=O)c1ccc(C(=O)N2C[C@@H](CN)[C@H](c3ccccc3)C2)cc1.Cl. The number of hydrogen-bond donors (Lipinski definition) is 2. The van der Waals surface area contributed by atoms with E-state index in [2.05, 4.69) is 16.9 Å². The van der Waals surface area contributed by atoms with Crippen LogP contribution in [-0.4, -0.2) is 45.9 Å². The Labute approximate surface area is 166 Å². The van der Waals surface area contributed by atoms with Crippen molar-refractivity contribution in [1.29, 1.82) is 0 Å². The second-order valence-corrected chi connectivity index (χ2v) is 8.34. The summed E-state index contributed by atoms with van der Waals surface area (Å²) >= 11 is 0. The van der Waals surface area contributed by atoms with E-state index in [1.165, 1.54) is 24.7 Å². The molecule has 2 atom stereocenters. The number of hydrogen-bond acceptors (Lipinski definition) is 4. The molecule has 27 heavy (non-hydrogen) atoms. The Morgan fingerprint density at radius 1 is 1.11 bits per heavy atom. The van der Waals surface area contributed by atoms with Gasteiger partial charge in [0.05, 0.1) is 4.90 Å². The van der Waals surface area contributed by atoms with E-state index in [1.807, 2.05) is 18.2 Å². The second-order valence-electron chi connectivity index (χ2n) is 6.46. The molecule has 1 fully saturated rings. The molecule has 0 unspecified atom stereocenters. The van der Waals surface area contributed by atoms with Crippen LogP contribution in [-0.2, 0) is 10.0 Å². The monoisotopic (exact) mass is 409 g/mol. The number of carbonyl (C=O) groups excluding carboxylic acids is 1. The summed E-state index contributed by atoms with van der Waals surface area (Å²) in [5.41, 5.74) is 7.60. The summed E-state index contributed by atoms with van der Waals surface area (Å²) in [5, 5.41) is 0. The lowest BCUT2D eigenvalue weighted by Crippen LogP contribution is -2.30. The first kappa shape index (κ1) is 21.4. The average molecular weight is 410 g/mol. The van der Waals surface area contributed by atoms with Gasteiger partial charge in [0.2, 0.25) is 10.0 Å². The van der Waals surface area contributed by atoms with Gasteiger partial charge in [0.15, 0.2) is 0 Å². The zero-order valence-electron chi connectivity index (χ0n) is 15.0. The molecule has 1 amide bonds. The third-order valence-corrected chi connectivity index (χ3v) is 6.37. The van der Waals surface area contributed by atoms with Crippen molar-refractivity contribution in [3.63, 3.8) is 0 Å². The van der Waals surface area contributed by atoms with Crippen LogP contribution in [0.2, 0.25) is 0 Å². The predicted molar refractivity (Wildman–Crippen MR) is 108 cm³/mol. The fraction of sp³-hybridized carbons (Fsp3) is 0.316. The summed E-state index contributed by atoms with van der Waals surface area (Å²) in [7, 11) is -2.15. The number of likely N-dealkylation sites (tertiary alicyclic amines) is 1. The summed E-state index contributed by atoms with van der Waals surface area (Å²) in [6.45, 7) is 1.73. The van der Waals surface area contributed by atoms with E-state index in [-0.39, 0.29) is 35.0 Å². The van der Waals surface area contributed by atoms with E-state index >= 15 is 0 Å². The Morgan fingerprint density at radius 3 is 2.30 bits per heavy atom. The van der Waals surface area contributed by atoms with Crippen LogP contribution in [0.15, 0.2) is 59.5 Å². The molecule has 3 rings (SSSR count).